The number of nitrogens with zero attached hydrogens (tertiary/aromatic N) is 2. The predicted octanol–water partition coefficient (Wildman–Crippen LogP) is 3.72. The number of amides is 1. The van der Waals surface area contributed by atoms with Crippen LogP contribution >= 0.6 is 0 Å². The van der Waals surface area contributed by atoms with Crippen molar-refractivity contribution in [2.24, 2.45) is 0 Å². The molecule has 0 unspecified atom stereocenters. The Balaban J connectivity index is 1.63. The second kappa shape index (κ2) is 7.80. The lowest BCUT2D eigenvalue weighted by atomic mass is 10.0. The maximum absolute atomic E-state index is 11.7. The maximum atomic E-state index is 11.7. The third-order valence-corrected chi connectivity index (χ3v) is 4.06. The zero-order chi connectivity index (χ0) is 19.4. The van der Waals surface area contributed by atoms with E-state index in [1.807, 2.05) is 63.5 Å². The van der Waals surface area contributed by atoms with Gasteiger partial charge < -0.3 is 15.2 Å². The topological polar surface area (TPSA) is 76.4 Å². The number of ether oxygens (including phenoxy) is 1. The first-order valence-electron chi connectivity index (χ1n) is 8.97. The number of carbonyl (C=O) groups excluding carboxylic acids is 1. The van der Waals surface area contributed by atoms with Gasteiger partial charge in [-0.2, -0.15) is 5.10 Å². The molecule has 1 aromatic heterocycles. The van der Waals surface area contributed by atoms with E-state index in [1.165, 1.54) is 0 Å². The molecule has 2 N–H and O–H groups in total. The SMILES string of the molecule is CC(C)(C)OC(=O)NCCn1cc(-c2ccc3cc(CO)ccc3c2)cn1. The molecule has 6 nitrogen and oxygen atoms in total. The van der Waals surface area contributed by atoms with Crippen molar-refractivity contribution in [1.82, 2.24) is 15.1 Å². The van der Waals surface area contributed by atoms with E-state index < -0.39 is 11.7 Å². The lowest BCUT2D eigenvalue weighted by Crippen LogP contribution is -2.34. The highest BCUT2D eigenvalue weighted by Gasteiger charge is 2.15. The van der Waals surface area contributed by atoms with E-state index in [9.17, 15) is 9.90 Å². The minimum absolute atomic E-state index is 0.0434. The van der Waals surface area contributed by atoms with Crippen LogP contribution in [0.4, 0.5) is 4.79 Å². The second-order valence-electron chi connectivity index (χ2n) is 7.48. The number of nitrogens with one attached hydrogen (secondary N) is 1. The molecule has 0 radical (unpaired) electrons. The van der Waals surface area contributed by atoms with Gasteiger partial charge in [-0.1, -0.05) is 24.3 Å². The molecule has 2 aromatic carbocycles. The number of alkyl carbamates (subject to hydrolysis) is 1. The highest BCUT2D eigenvalue weighted by molar-refractivity contribution is 5.87. The fraction of sp³-hybridized carbons (Fsp3) is 0.333. The number of hydrogen-bond donors (Lipinski definition) is 2. The summed E-state index contributed by atoms with van der Waals surface area (Å²) < 4.78 is 7.01. The number of rotatable bonds is 5. The van der Waals surface area contributed by atoms with Crippen molar-refractivity contribution in [2.45, 2.75) is 39.5 Å². The molecule has 0 atom stereocenters. The fourth-order valence-electron chi connectivity index (χ4n) is 2.79. The van der Waals surface area contributed by atoms with Crippen molar-refractivity contribution < 1.29 is 14.6 Å². The van der Waals surface area contributed by atoms with Crippen LogP contribution < -0.4 is 5.32 Å². The molecule has 142 valence electrons. The van der Waals surface area contributed by atoms with Crippen molar-refractivity contribution >= 4 is 16.9 Å². The van der Waals surface area contributed by atoms with Crippen LogP contribution in [0.15, 0.2) is 48.8 Å². The average molecular weight is 367 g/mol. The van der Waals surface area contributed by atoms with Crippen LogP contribution in [-0.2, 0) is 17.9 Å². The zero-order valence-corrected chi connectivity index (χ0v) is 15.9. The van der Waals surface area contributed by atoms with Crippen LogP contribution in [0.1, 0.15) is 26.3 Å². The maximum Gasteiger partial charge on any atom is 0.407 e. The van der Waals surface area contributed by atoms with Gasteiger partial charge >= 0.3 is 6.09 Å². The van der Waals surface area contributed by atoms with Crippen molar-refractivity contribution in [1.29, 1.82) is 0 Å². The second-order valence-corrected chi connectivity index (χ2v) is 7.48. The fourth-order valence-corrected chi connectivity index (χ4v) is 2.79. The van der Waals surface area contributed by atoms with Crippen LogP contribution in [0.2, 0.25) is 0 Å². The van der Waals surface area contributed by atoms with Gasteiger partial charge in [0.25, 0.3) is 0 Å². The Morgan fingerprint density at radius 1 is 1.15 bits per heavy atom. The van der Waals surface area contributed by atoms with Gasteiger partial charge in [0.15, 0.2) is 0 Å². The summed E-state index contributed by atoms with van der Waals surface area (Å²) in [5.41, 5.74) is 2.49. The van der Waals surface area contributed by atoms with Gasteiger partial charge in [0.1, 0.15) is 5.60 Å². The summed E-state index contributed by atoms with van der Waals surface area (Å²) in [4.78, 5) is 11.7. The van der Waals surface area contributed by atoms with E-state index in [0.29, 0.717) is 13.1 Å². The molecule has 0 saturated carbocycles. The van der Waals surface area contributed by atoms with Crippen molar-refractivity contribution in [2.75, 3.05) is 6.54 Å². The molecule has 0 aliphatic heterocycles. The Labute approximate surface area is 158 Å². The van der Waals surface area contributed by atoms with Crippen LogP contribution in [0, 0.1) is 0 Å². The molecule has 3 aromatic rings. The Morgan fingerprint density at radius 3 is 2.63 bits per heavy atom. The summed E-state index contributed by atoms with van der Waals surface area (Å²) >= 11 is 0. The number of aromatic nitrogens is 2. The van der Waals surface area contributed by atoms with Crippen molar-refractivity contribution in [3.63, 3.8) is 0 Å². The summed E-state index contributed by atoms with van der Waals surface area (Å²) in [5.74, 6) is 0. The van der Waals surface area contributed by atoms with Crippen molar-refractivity contribution in [3.05, 3.63) is 54.4 Å². The third kappa shape index (κ3) is 5.08. The Morgan fingerprint density at radius 2 is 1.89 bits per heavy atom. The third-order valence-electron chi connectivity index (χ3n) is 4.06. The van der Waals surface area contributed by atoms with Gasteiger partial charge in [0.2, 0.25) is 0 Å². The zero-order valence-electron chi connectivity index (χ0n) is 15.9. The number of aliphatic hydroxyl groups is 1. The highest BCUT2D eigenvalue weighted by atomic mass is 16.6. The lowest BCUT2D eigenvalue weighted by molar-refractivity contribution is 0.0525. The highest BCUT2D eigenvalue weighted by Crippen LogP contribution is 2.25. The minimum atomic E-state index is -0.503. The minimum Gasteiger partial charge on any atom is -0.444 e. The molecule has 0 aliphatic carbocycles. The Hall–Kier alpha value is -2.86. The number of benzene rings is 2. The molecular weight excluding hydrogens is 342 g/mol. The van der Waals surface area contributed by atoms with Gasteiger partial charge in [0, 0.05) is 18.3 Å². The van der Waals surface area contributed by atoms with E-state index in [2.05, 4.69) is 16.5 Å². The van der Waals surface area contributed by atoms with E-state index in [1.54, 1.807) is 4.68 Å². The van der Waals surface area contributed by atoms with Crippen LogP contribution in [-0.4, -0.2) is 33.1 Å². The van der Waals surface area contributed by atoms with E-state index in [4.69, 9.17) is 4.74 Å². The molecule has 3 rings (SSSR count). The molecule has 0 saturated heterocycles. The summed E-state index contributed by atoms with van der Waals surface area (Å²) in [6.45, 7) is 6.55. The van der Waals surface area contributed by atoms with E-state index >= 15 is 0 Å². The van der Waals surface area contributed by atoms with Crippen LogP contribution in [0.25, 0.3) is 21.9 Å². The van der Waals surface area contributed by atoms with E-state index in [-0.39, 0.29) is 6.61 Å². The first-order valence-corrected chi connectivity index (χ1v) is 8.97. The number of aliphatic hydroxyl groups excluding tert-OH is 1. The molecule has 0 fully saturated rings. The van der Waals surface area contributed by atoms with Gasteiger partial charge in [-0.05, 0) is 54.8 Å². The normalized spacial score (nSPS) is 11.6. The van der Waals surface area contributed by atoms with Gasteiger partial charge in [-0.3, -0.25) is 4.68 Å². The molecule has 27 heavy (non-hydrogen) atoms. The van der Waals surface area contributed by atoms with Crippen molar-refractivity contribution in [3.8, 4) is 11.1 Å². The Kier molecular flexibility index (Phi) is 5.46. The standard InChI is InChI=1S/C21H25N3O3/c1-21(2,3)27-20(26)22-8-9-24-13-19(12-23-24)18-7-6-16-10-15(14-25)4-5-17(16)11-18/h4-7,10-13,25H,8-9,14H2,1-3H3,(H,22,26). The summed E-state index contributed by atoms with van der Waals surface area (Å²) in [7, 11) is 0. The van der Waals surface area contributed by atoms with E-state index in [0.717, 1.165) is 27.5 Å². The van der Waals surface area contributed by atoms with Gasteiger partial charge in [-0.25, -0.2) is 4.79 Å². The molecule has 1 amide bonds. The average Bonchev–Trinajstić information content (AvgIpc) is 3.08. The van der Waals surface area contributed by atoms with Gasteiger partial charge in [0.05, 0.1) is 19.3 Å². The molecule has 0 bridgehead atoms. The smallest absolute Gasteiger partial charge is 0.407 e. The molecule has 0 aliphatic rings. The number of carbonyl (C=O) groups is 1. The summed E-state index contributed by atoms with van der Waals surface area (Å²) in [6, 6.07) is 12.1. The first-order chi connectivity index (χ1) is 12.8. The quantitative estimate of drug-likeness (QED) is 0.721. The molecule has 6 heteroatoms. The first kappa shape index (κ1) is 18.9. The monoisotopic (exact) mass is 367 g/mol. The summed E-state index contributed by atoms with van der Waals surface area (Å²) in [5, 5.41) is 18.6. The summed E-state index contributed by atoms with van der Waals surface area (Å²) in [6.07, 6.45) is 3.35. The molecule has 0 spiro atoms. The Bertz CT molecular complexity index is 941. The predicted molar refractivity (Wildman–Crippen MR) is 105 cm³/mol. The largest absolute Gasteiger partial charge is 0.444 e. The number of fused-ring (bicyclic) bond motifs is 1. The number of hydrogen-bond acceptors (Lipinski definition) is 4. The molecule has 1 heterocycles. The van der Waals surface area contributed by atoms with Crippen LogP contribution in [0.3, 0.4) is 0 Å². The lowest BCUT2D eigenvalue weighted by Gasteiger charge is -2.19. The van der Waals surface area contributed by atoms with Gasteiger partial charge in [-0.15, -0.1) is 0 Å². The van der Waals surface area contributed by atoms with Crippen LogP contribution in [0.5, 0.6) is 0 Å². The molecular formula is C21H25N3O3.